The molecule has 100 valence electrons. The highest BCUT2D eigenvalue weighted by Gasteiger charge is 2.17. The number of aromatic hydroxyl groups is 1. The molecule has 18 heavy (non-hydrogen) atoms. The van der Waals surface area contributed by atoms with Crippen molar-refractivity contribution in [2.45, 2.75) is 19.9 Å². The number of ether oxygens (including phenoxy) is 1. The Labute approximate surface area is 107 Å². The average molecular weight is 252 g/mol. The first kappa shape index (κ1) is 14.3. The molecule has 0 saturated heterocycles. The molecule has 0 spiro atoms. The van der Waals surface area contributed by atoms with E-state index in [0.717, 1.165) is 0 Å². The number of rotatable bonds is 5. The van der Waals surface area contributed by atoms with Gasteiger partial charge in [0.25, 0.3) is 5.91 Å². The number of carbonyl (C=O) groups excluding carboxylic acids is 1. The number of methoxy groups -OCH3 is 1. The van der Waals surface area contributed by atoms with Gasteiger partial charge in [0.1, 0.15) is 11.5 Å². The molecule has 0 fully saturated rings. The van der Waals surface area contributed by atoms with Gasteiger partial charge in [-0.3, -0.25) is 4.79 Å². The molecular weight excluding hydrogens is 232 g/mol. The largest absolute Gasteiger partial charge is 0.507 e. The molecule has 5 nitrogen and oxygen atoms in total. The number of hydrogen-bond donors (Lipinski definition) is 3. The van der Waals surface area contributed by atoms with Gasteiger partial charge in [0.15, 0.2) is 0 Å². The number of benzene rings is 1. The smallest absolute Gasteiger partial charge is 0.255 e. The Balaban J connectivity index is 2.78. The van der Waals surface area contributed by atoms with Crippen LogP contribution in [0.4, 0.5) is 0 Å². The highest BCUT2D eigenvalue weighted by Crippen LogP contribution is 2.23. The van der Waals surface area contributed by atoms with Crippen molar-refractivity contribution in [2.75, 3.05) is 13.7 Å². The lowest BCUT2D eigenvalue weighted by Crippen LogP contribution is -2.39. The Morgan fingerprint density at radius 1 is 1.50 bits per heavy atom. The summed E-state index contributed by atoms with van der Waals surface area (Å²) >= 11 is 0. The van der Waals surface area contributed by atoms with E-state index >= 15 is 0 Å². The van der Waals surface area contributed by atoms with Crippen molar-refractivity contribution in [3.63, 3.8) is 0 Å². The first-order valence-corrected chi connectivity index (χ1v) is 5.87. The highest BCUT2D eigenvalue weighted by molar-refractivity contribution is 5.97. The number of phenolic OH excluding ortho intramolecular Hbond substituents is 1. The molecule has 2 atom stereocenters. The fourth-order valence-corrected chi connectivity index (χ4v) is 1.46. The Morgan fingerprint density at radius 3 is 2.67 bits per heavy atom. The Kier molecular flexibility index (Phi) is 4.97. The van der Waals surface area contributed by atoms with Crippen LogP contribution in [0.3, 0.4) is 0 Å². The molecule has 1 amide bonds. The van der Waals surface area contributed by atoms with Crippen LogP contribution in [0.15, 0.2) is 18.2 Å². The van der Waals surface area contributed by atoms with Gasteiger partial charge in [-0.05, 0) is 31.5 Å². The molecule has 1 aromatic rings. The van der Waals surface area contributed by atoms with Crippen LogP contribution < -0.4 is 15.8 Å². The number of carbonyl (C=O) groups is 1. The van der Waals surface area contributed by atoms with E-state index < -0.39 is 0 Å². The minimum atomic E-state index is -0.317. The summed E-state index contributed by atoms with van der Waals surface area (Å²) in [6, 6.07) is 4.52. The minimum Gasteiger partial charge on any atom is -0.507 e. The standard InChI is InChI=1S/C13H20N2O3/c1-8(7-14)9(2)15-13(17)11-5-4-10(18-3)6-12(11)16/h4-6,8-9,16H,7,14H2,1-3H3,(H,15,17). The van der Waals surface area contributed by atoms with E-state index in [0.29, 0.717) is 12.3 Å². The zero-order valence-electron chi connectivity index (χ0n) is 10.9. The van der Waals surface area contributed by atoms with Gasteiger partial charge < -0.3 is 20.9 Å². The zero-order valence-corrected chi connectivity index (χ0v) is 10.9. The van der Waals surface area contributed by atoms with E-state index in [2.05, 4.69) is 5.32 Å². The maximum atomic E-state index is 11.9. The summed E-state index contributed by atoms with van der Waals surface area (Å²) in [5.74, 6) is 0.268. The number of nitrogens with two attached hydrogens (primary N) is 1. The monoisotopic (exact) mass is 252 g/mol. The van der Waals surface area contributed by atoms with Gasteiger partial charge in [-0.15, -0.1) is 0 Å². The first-order valence-electron chi connectivity index (χ1n) is 5.87. The fraction of sp³-hybridized carbons (Fsp3) is 0.462. The van der Waals surface area contributed by atoms with Crippen LogP contribution in [0.2, 0.25) is 0 Å². The molecule has 4 N–H and O–H groups in total. The van der Waals surface area contributed by atoms with Crippen molar-refractivity contribution in [3.8, 4) is 11.5 Å². The number of amides is 1. The van der Waals surface area contributed by atoms with Crippen LogP contribution in [0.5, 0.6) is 11.5 Å². The molecule has 0 bridgehead atoms. The summed E-state index contributed by atoms with van der Waals surface area (Å²) in [6.45, 7) is 4.34. The van der Waals surface area contributed by atoms with Crippen molar-refractivity contribution >= 4 is 5.91 Å². The summed E-state index contributed by atoms with van der Waals surface area (Å²) < 4.78 is 4.96. The summed E-state index contributed by atoms with van der Waals surface area (Å²) in [4.78, 5) is 11.9. The molecule has 0 saturated carbocycles. The second kappa shape index (κ2) is 6.26. The third kappa shape index (κ3) is 3.37. The first-order chi connectivity index (χ1) is 8.49. The molecule has 5 heteroatoms. The van der Waals surface area contributed by atoms with Crippen LogP contribution in [-0.2, 0) is 0 Å². The van der Waals surface area contributed by atoms with Crippen LogP contribution in [0.1, 0.15) is 24.2 Å². The van der Waals surface area contributed by atoms with Crippen LogP contribution >= 0.6 is 0 Å². The summed E-state index contributed by atoms with van der Waals surface area (Å²) in [6.07, 6.45) is 0. The molecule has 0 aliphatic rings. The van der Waals surface area contributed by atoms with Gasteiger partial charge >= 0.3 is 0 Å². The van der Waals surface area contributed by atoms with E-state index in [9.17, 15) is 9.90 Å². The van der Waals surface area contributed by atoms with Gasteiger partial charge in [-0.1, -0.05) is 6.92 Å². The van der Waals surface area contributed by atoms with Gasteiger partial charge in [-0.25, -0.2) is 0 Å². The summed E-state index contributed by atoms with van der Waals surface area (Å²) in [5.41, 5.74) is 5.77. The van der Waals surface area contributed by atoms with E-state index in [4.69, 9.17) is 10.5 Å². The normalized spacial score (nSPS) is 13.8. The van der Waals surface area contributed by atoms with Gasteiger partial charge in [0.2, 0.25) is 0 Å². The van der Waals surface area contributed by atoms with E-state index in [1.807, 2.05) is 13.8 Å². The van der Waals surface area contributed by atoms with Gasteiger partial charge in [0.05, 0.1) is 12.7 Å². The molecule has 0 radical (unpaired) electrons. The second-order valence-corrected chi connectivity index (χ2v) is 4.36. The molecule has 0 aliphatic carbocycles. The third-order valence-corrected chi connectivity index (χ3v) is 3.03. The van der Waals surface area contributed by atoms with Crippen molar-refractivity contribution < 1.29 is 14.6 Å². The molecule has 1 rings (SSSR count). The molecule has 1 aromatic carbocycles. The summed E-state index contributed by atoms with van der Waals surface area (Å²) in [7, 11) is 1.50. The molecule has 2 unspecified atom stereocenters. The lowest BCUT2D eigenvalue weighted by atomic mass is 10.0. The highest BCUT2D eigenvalue weighted by atomic mass is 16.5. The maximum Gasteiger partial charge on any atom is 0.255 e. The third-order valence-electron chi connectivity index (χ3n) is 3.03. The topological polar surface area (TPSA) is 84.6 Å². The summed E-state index contributed by atoms with van der Waals surface area (Å²) in [5, 5.41) is 12.5. The zero-order chi connectivity index (χ0) is 13.7. The predicted octanol–water partition coefficient (Wildman–Crippen LogP) is 1.11. The maximum absolute atomic E-state index is 11.9. The van der Waals surface area contributed by atoms with Crippen molar-refractivity contribution in [1.82, 2.24) is 5.32 Å². The Bertz CT molecular complexity index is 421. The van der Waals surface area contributed by atoms with E-state index in [1.54, 1.807) is 6.07 Å². The second-order valence-electron chi connectivity index (χ2n) is 4.36. The van der Waals surface area contributed by atoms with E-state index in [-0.39, 0.29) is 29.2 Å². The predicted molar refractivity (Wildman–Crippen MR) is 69.8 cm³/mol. The van der Waals surface area contributed by atoms with Crippen LogP contribution in [-0.4, -0.2) is 30.7 Å². The van der Waals surface area contributed by atoms with Crippen LogP contribution in [0.25, 0.3) is 0 Å². The quantitative estimate of drug-likeness (QED) is 0.733. The fourth-order valence-electron chi connectivity index (χ4n) is 1.46. The van der Waals surface area contributed by atoms with Crippen LogP contribution in [0, 0.1) is 5.92 Å². The molecule has 0 aliphatic heterocycles. The van der Waals surface area contributed by atoms with E-state index in [1.165, 1.54) is 19.2 Å². The molecular formula is C13H20N2O3. The van der Waals surface area contributed by atoms with Crippen molar-refractivity contribution in [3.05, 3.63) is 23.8 Å². The lowest BCUT2D eigenvalue weighted by Gasteiger charge is -2.20. The van der Waals surface area contributed by atoms with Gasteiger partial charge in [0, 0.05) is 12.1 Å². The van der Waals surface area contributed by atoms with Crippen molar-refractivity contribution in [1.29, 1.82) is 0 Å². The van der Waals surface area contributed by atoms with Gasteiger partial charge in [-0.2, -0.15) is 0 Å². The Morgan fingerprint density at radius 2 is 2.17 bits per heavy atom. The van der Waals surface area contributed by atoms with Crippen molar-refractivity contribution in [2.24, 2.45) is 11.7 Å². The Hall–Kier alpha value is -1.75. The molecule has 0 aromatic heterocycles. The SMILES string of the molecule is COc1ccc(C(=O)NC(C)C(C)CN)c(O)c1. The number of hydrogen-bond acceptors (Lipinski definition) is 4. The number of phenols is 1. The minimum absolute atomic E-state index is 0.0519. The lowest BCUT2D eigenvalue weighted by molar-refractivity contribution is 0.0927. The average Bonchev–Trinajstić information content (AvgIpc) is 2.37. The molecule has 0 heterocycles. The number of nitrogens with one attached hydrogen (secondary N) is 1.